The fourth-order valence-corrected chi connectivity index (χ4v) is 3.57. The zero-order valence-corrected chi connectivity index (χ0v) is 22.7. The zero-order chi connectivity index (χ0) is 31.2. The van der Waals surface area contributed by atoms with Gasteiger partial charge < -0.3 is 34.3 Å². The number of hydrogen-bond donors (Lipinski definition) is 2. The number of urea groups is 1. The standard InChI is InChI=1S/C27H32F6N2O7/c1-2-40-23(24(36)37)18-19-8-10-20(11-9-19)41-17-14-35(13-16-39-15-5-12-26(28,29)30)25(38)34-21-6-3-4-7-22(21)42-27(31,32)33/h3-4,6-11,23H,2,5,12-18H2,1H3,(H,34,38)(H,36,37). The first-order valence-electron chi connectivity index (χ1n) is 12.9. The number of ether oxygens (including phenoxy) is 4. The molecule has 9 nitrogen and oxygen atoms in total. The van der Waals surface area contributed by atoms with Crippen LogP contribution in [-0.2, 0) is 20.7 Å². The van der Waals surface area contributed by atoms with Crippen molar-refractivity contribution in [2.75, 3.05) is 44.8 Å². The second-order valence-electron chi connectivity index (χ2n) is 8.77. The summed E-state index contributed by atoms with van der Waals surface area (Å²) in [4.78, 5) is 25.4. The van der Waals surface area contributed by atoms with E-state index >= 15 is 0 Å². The summed E-state index contributed by atoms with van der Waals surface area (Å²) < 4.78 is 95.3. The molecule has 2 aromatic rings. The Hall–Kier alpha value is -3.72. The minimum Gasteiger partial charge on any atom is -0.492 e. The van der Waals surface area contributed by atoms with Crippen molar-refractivity contribution >= 4 is 17.7 Å². The third-order valence-corrected chi connectivity index (χ3v) is 5.51. The normalized spacial score (nSPS) is 12.5. The van der Waals surface area contributed by atoms with E-state index in [4.69, 9.17) is 14.2 Å². The maximum Gasteiger partial charge on any atom is 0.573 e. The van der Waals surface area contributed by atoms with Gasteiger partial charge in [0.05, 0.1) is 18.8 Å². The molecule has 0 aliphatic rings. The number of hydrogen-bond acceptors (Lipinski definition) is 6. The summed E-state index contributed by atoms with van der Waals surface area (Å²) in [6.45, 7) is 1.37. The van der Waals surface area contributed by atoms with Crippen molar-refractivity contribution in [2.24, 2.45) is 0 Å². The number of aliphatic carboxylic acids is 1. The van der Waals surface area contributed by atoms with E-state index in [0.717, 1.165) is 6.07 Å². The number of carboxylic acids is 1. The van der Waals surface area contributed by atoms with Crippen molar-refractivity contribution < 1.29 is 60.0 Å². The summed E-state index contributed by atoms with van der Waals surface area (Å²) in [6, 6.07) is 10.6. The van der Waals surface area contributed by atoms with Crippen LogP contribution in [0.4, 0.5) is 36.8 Å². The average molecular weight is 611 g/mol. The van der Waals surface area contributed by atoms with Crippen molar-refractivity contribution in [2.45, 2.75) is 44.8 Å². The molecule has 0 spiro atoms. The van der Waals surface area contributed by atoms with Gasteiger partial charge in [-0.3, -0.25) is 0 Å². The van der Waals surface area contributed by atoms with Crippen molar-refractivity contribution in [3.8, 4) is 11.5 Å². The van der Waals surface area contributed by atoms with Crippen LogP contribution in [0, 0.1) is 0 Å². The van der Waals surface area contributed by atoms with E-state index < -0.39 is 42.8 Å². The molecule has 15 heteroatoms. The van der Waals surface area contributed by atoms with Gasteiger partial charge in [0.25, 0.3) is 0 Å². The first-order chi connectivity index (χ1) is 19.8. The summed E-state index contributed by atoms with van der Waals surface area (Å²) in [6.07, 6.45) is -11.5. The van der Waals surface area contributed by atoms with E-state index in [1.54, 1.807) is 31.2 Å². The van der Waals surface area contributed by atoms with Gasteiger partial charge in [0.2, 0.25) is 0 Å². The van der Waals surface area contributed by atoms with Crippen molar-refractivity contribution in [3.63, 3.8) is 0 Å². The fourth-order valence-electron chi connectivity index (χ4n) is 3.57. The number of carbonyl (C=O) groups excluding carboxylic acids is 1. The Balaban J connectivity index is 2.00. The highest BCUT2D eigenvalue weighted by Gasteiger charge is 2.32. The van der Waals surface area contributed by atoms with Crippen LogP contribution in [0.1, 0.15) is 25.3 Å². The van der Waals surface area contributed by atoms with Gasteiger partial charge >= 0.3 is 24.5 Å². The quantitative estimate of drug-likeness (QED) is 0.170. The Labute approximate surface area is 238 Å². The number of nitrogens with one attached hydrogen (secondary N) is 1. The monoisotopic (exact) mass is 610 g/mol. The number of halogens is 6. The summed E-state index contributed by atoms with van der Waals surface area (Å²) in [5.41, 5.74) is 0.436. The van der Waals surface area contributed by atoms with E-state index in [-0.39, 0.29) is 58.0 Å². The van der Waals surface area contributed by atoms with Crippen LogP contribution in [0.5, 0.6) is 11.5 Å². The molecule has 0 aromatic heterocycles. The van der Waals surface area contributed by atoms with Crippen LogP contribution in [0.15, 0.2) is 48.5 Å². The number of rotatable bonds is 17. The molecule has 0 fully saturated rings. The Kier molecular flexibility index (Phi) is 13.7. The summed E-state index contributed by atoms with van der Waals surface area (Å²) in [7, 11) is 0. The SMILES string of the molecule is CCOC(Cc1ccc(OCCN(CCOCCCC(F)(F)F)C(=O)Nc2ccccc2OC(F)(F)F)cc1)C(=O)O. The number of carbonyl (C=O) groups is 2. The highest BCUT2D eigenvalue weighted by Crippen LogP contribution is 2.30. The highest BCUT2D eigenvalue weighted by molar-refractivity contribution is 5.91. The Morgan fingerprint density at radius 2 is 1.62 bits per heavy atom. The van der Waals surface area contributed by atoms with Crippen LogP contribution >= 0.6 is 0 Å². The molecule has 1 unspecified atom stereocenters. The molecule has 2 aromatic carbocycles. The Morgan fingerprint density at radius 3 is 2.24 bits per heavy atom. The highest BCUT2D eigenvalue weighted by atomic mass is 19.4. The lowest BCUT2D eigenvalue weighted by Gasteiger charge is -2.24. The maximum absolute atomic E-state index is 12.9. The molecule has 0 saturated carbocycles. The largest absolute Gasteiger partial charge is 0.573 e. The lowest BCUT2D eigenvalue weighted by molar-refractivity contribution is -0.274. The molecule has 0 aliphatic heterocycles. The second-order valence-corrected chi connectivity index (χ2v) is 8.77. The second kappa shape index (κ2) is 16.7. The van der Waals surface area contributed by atoms with Gasteiger partial charge in [-0.25, -0.2) is 9.59 Å². The molecule has 0 aliphatic carbocycles. The minimum absolute atomic E-state index is 0.0573. The molecule has 2 amide bonds. The zero-order valence-electron chi connectivity index (χ0n) is 22.7. The third kappa shape index (κ3) is 13.8. The number of benzene rings is 2. The molecule has 234 valence electrons. The third-order valence-electron chi connectivity index (χ3n) is 5.51. The fraction of sp³-hybridized carbons (Fsp3) is 0.481. The van der Waals surface area contributed by atoms with Gasteiger partial charge in [-0.15, -0.1) is 13.2 Å². The Morgan fingerprint density at radius 1 is 0.952 bits per heavy atom. The van der Waals surface area contributed by atoms with Gasteiger partial charge in [0.15, 0.2) is 11.9 Å². The van der Waals surface area contributed by atoms with E-state index in [0.29, 0.717) is 11.3 Å². The van der Waals surface area contributed by atoms with E-state index in [2.05, 4.69) is 10.1 Å². The first-order valence-corrected chi connectivity index (χ1v) is 12.9. The molecule has 0 bridgehead atoms. The summed E-state index contributed by atoms with van der Waals surface area (Å²) in [5.74, 6) is -1.32. The van der Waals surface area contributed by atoms with Crippen LogP contribution < -0.4 is 14.8 Å². The van der Waals surface area contributed by atoms with Crippen LogP contribution in [0.2, 0.25) is 0 Å². The molecule has 0 saturated heterocycles. The number of carboxylic acid groups (broad SMARTS) is 1. The van der Waals surface area contributed by atoms with Crippen LogP contribution in [0.3, 0.4) is 0 Å². The van der Waals surface area contributed by atoms with Gasteiger partial charge in [-0.2, -0.15) is 13.2 Å². The smallest absolute Gasteiger partial charge is 0.492 e. The molecule has 0 heterocycles. The Bertz CT molecular complexity index is 1110. The molecular formula is C27H32F6N2O7. The predicted octanol–water partition coefficient (Wildman–Crippen LogP) is 5.89. The lowest BCUT2D eigenvalue weighted by atomic mass is 10.1. The molecule has 42 heavy (non-hydrogen) atoms. The molecule has 2 rings (SSSR count). The minimum atomic E-state index is -4.99. The van der Waals surface area contributed by atoms with E-state index in [1.165, 1.54) is 23.1 Å². The summed E-state index contributed by atoms with van der Waals surface area (Å²) >= 11 is 0. The predicted molar refractivity (Wildman–Crippen MR) is 139 cm³/mol. The lowest BCUT2D eigenvalue weighted by Crippen LogP contribution is -2.40. The van der Waals surface area contributed by atoms with Gasteiger partial charge in [0.1, 0.15) is 12.4 Å². The number of anilines is 1. The molecule has 1 atom stereocenters. The first kappa shape index (κ1) is 34.5. The van der Waals surface area contributed by atoms with Crippen molar-refractivity contribution in [1.82, 2.24) is 4.90 Å². The van der Waals surface area contributed by atoms with Gasteiger partial charge in [-0.1, -0.05) is 24.3 Å². The van der Waals surface area contributed by atoms with Crippen LogP contribution in [0.25, 0.3) is 0 Å². The number of para-hydroxylation sites is 2. The van der Waals surface area contributed by atoms with Gasteiger partial charge in [-0.05, 0) is 43.2 Å². The number of alkyl halides is 6. The van der Waals surface area contributed by atoms with E-state index in [9.17, 15) is 41.0 Å². The average Bonchev–Trinajstić information content (AvgIpc) is 2.89. The molecular weight excluding hydrogens is 578 g/mol. The maximum atomic E-state index is 12.9. The van der Waals surface area contributed by atoms with Crippen molar-refractivity contribution in [3.05, 3.63) is 54.1 Å². The summed E-state index contributed by atoms with van der Waals surface area (Å²) in [5, 5.41) is 11.6. The van der Waals surface area contributed by atoms with Gasteiger partial charge in [0, 0.05) is 32.6 Å². The topological polar surface area (TPSA) is 107 Å². The molecule has 2 N–H and O–H groups in total. The van der Waals surface area contributed by atoms with Crippen molar-refractivity contribution in [1.29, 1.82) is 0 Å². The van der Waals surface area contributed by atoms with Crippen LogP contribution in [-0.4, -0.2) is 80.2 Å². The molecule has 0 radical (unpaired) electrons. The number of nitrogens with zero attached hydrogens (tertiary/aromatic N) is 1. The van der Waals surface area contributed by atoms with E-state index in [1.807, 2.05) is 0 Å². The number of amides is 2.